The van der Waals surface area contributed by atoms with Crippen molar-refractivity contribution in [2.24, 2.45) is 0 Å². The van der Waals surface area contributed by atoms with Crippen molar-refractivity contribution in [3.8, 4) is 0 Å². The molecule has 192 valence electrons. The molecule has 3 saturated heterocycles. The van der Waals surface area contributed by atoms with Gasteiger partial charge in [-0.05, 0) is 22.2 Å². The largest absolute Gasteiger partial charge is 0.414 e. The third-order valence-corrected chi connectivity index (χ3v) is 18.2. The predicted octanol–water partition coefficient (Wildman–Crippen LogP) is 4.24. The number of amides is 1. The minimum Gasteiger partial charge on any atom is -0.414 e. The Hall–Kier alpha value is -1.02. The molecule has 1 N–H and O–H groups in total. The molecule has 8 nitrogen and oxygen atoms in total. The third-order valence-electron chi connectivity index (χ3n) is 7.95. The van der Waals surface area contributed by atoms with Crippen LogP contribution in [0.2, 0.25) is 22.2 Å². The standard InChI is InChI=1S/C24H42N2O6Si2/c1-15(2)33(16(3)4)29-14-20-22(31-34(32-33,17(5)6)18(7)8)24(11-13-28-24)23(30-20)26-12-10-21(27)25-19(26)9/h10,12,15-18,20,22-23H,9,11,13-14H2,1-8H3,(H,25,27)/t20-,22-,23-,24-/m1/s1. The second-order valence-corrected chi connectivity index (χ2v) is 20.1. The van der Waals surface area contributed by atoms with Gasteiger partial charge in [-0.2, -0.15) is 0 Å². The maximum Gasteiger partial charge on any atom is 0.335 e. The lowest BCUT2D eigenvalue weighted by Gasteiger charge is -2.54. The normalized spacial score (nSPS) is 35.1. The van der Waals surface area contributed by atoms with Gasteiger partial charge in [0.05, 0.1) is 13.2 Å². The van der Waals surface area contributed by atoms with Gasteiger partial charge in [-0.15, -0.1) is 0 Å². The summed E-state index contributed by atoms with van der Waals surface area (Å²) in [5, 5.41) is 2.78. The topological polar surface area (TPSA) is 78.5 Å². The Morgan fingerprint density at radius 3 is 2.12 bits per heavy atom. The molecule has 10 heteroatoms. The van der Waals surface area contributed by atoms with Gasteiger partial charge >= 0.3 is 17.1 Å². The molecule has 0 aromatic heterocycles. The number of rotatable bonds is 5. The van der Waals surface area contributed by atoms with Gasteiger partial charge in [-0.25, -0.2) is 0 Å². The van der Waals surface area contributed by atoms with Crippen LogP contribution in [0.15, 0.2) is 24.7 Å². The van der Waals surface area contributed by atoms with E-state index in [1.807, 2.05) is 4.90 Å². The third kappa shape index (κ3) is 3.86. The lowest BCUT2D eigenvalue weighted by Crippen LogP contribution is -2.70. The van der Waals surface area contributed by atoms with Crippen molar-refractivity contribution in [1.29, 1.82) is 0 Å². The molecule has 0 radical (unpaired) electrons. The second kappa shape index (κ2) is 9.13. The van der Waals surface area contributed by atoms with Gasteiger partial charge in [-0.1, -0.05) is 62.0 Å². The lowest BCUT2D eigenvalue weighted by atomic mass is 9.86. The Bertz CT molecular complexity index is 825. The van der Waals surface area contributed by atoms with E-state index in [-0.39, 0.29) is 40.3 Å². The molecule has 4 aliphatic rings. The maximum atomic E-state index is 11.8. The minimum atomic E-state index is -2.80. The zero-order valence-corrected chi connectivity index (χ0v) is 23.9. The molecule has 4 aliphatic heterocycles. The highest BCUT2D eigenvalue weighted by molar-refractivity contribution is 6.84. The van der Waals surface area contributed by atoms with Gasteiger partial charge in [-0.3, -0.25) is 4.79 Å². The van der Waals surface area contributed by atoms with E-state index in [1.54, 1.807) is 6.20 Å². The van der Waals surface area contributed by atoms with Crippen LogP contribution in [0.25, 0.3) is 0 Å². The second-order valence-electron chi connectivity index (χ2n) is 11.3. The fraction of sp³-hybridized carbons (Fsp3) is 0.792. The molecule has 0 aliphatic carbocycles. The minimum absolute atomic E-state index is 0.197. The average Bonchev–Trinajstić information content (AvgIpc) is 3.00. The van der Waals surface area contributed by atoms with E-state index in [9.17, 15) is 4.79 Å². The first-order valence-corrected chi connectivity index (χ1v) is 16.6. The number of nitrogens with one attached hydrogen (secondary N) is 1. The highest BCUT2D eigenvalue weighted by Crippen LogP contribution is 2.53. The first-order valence-electron chi connectivity index (χ1n) is 12.7. The van der Waals surface area contributed by atoms with E-state index in [0.717, 1.165) is 6.42 Å². The van der Waals surface area contributed by atoms with Crippen LogP contribution in [-0.2, 0) is 27.2 Å². The molecule has 0 bridgehead atoms. The molecule has 4 atom stereocenters. The molecule has 4 rings (SSSR count). The SMILES string of the molecule is C=C1NC(=O)C=CN1[C@@H]1O[C@@H]2CO[Si](C(C)C)(C(C)C)O[Si](C(C)C)(C(C)C)O[C@H]2[C@]12CCO2. The molecule has 1 spiro atoms. The van der Waals surface area contributed by atoms with E-state index in [0.29, 0.717) is 19.0 Å². The number of hydrogen-bond acceptors (Lipinski definition) is 7. The molecule has 4 heterocycles. The van der Waals surface area contributed by atoms with E-state index < -0.39 is 29.0 Å². The van der Waals surface area contributed by atoms with Crippen LogP contribution in [0.4, 0.5) is 0 Å². The van der Waals surface area contributed by atoms with E-state index >= 15 is 0 Å². The van der Waals surface area contributed by atoms with Crippen molar-refractivity contribution in [3.63, 3.8) is 0 Å². The number of carbonyl (C=O) groups excluding carboxylic acids is 1. The van der Waals surface area contributed by atoms with Crippen LogP contribution < -0.4 is 5.32 Å². The van der Waals surface area contributed by atoms with Crippen molar-refractivity contribution < 1.29 is 27.2 Å². The lowest BCUT2D eigenvalue weighted by molar-refractivity contribution is -0.229. The van der Waals surface area contributed by atoms with Crippen molar-refractivity contribution in [3.05, 3.63) is 24.7 Å². The summed E-state index contributed by atoms with van der Waals surface area (Å²) in [5.74, 6) is 0.278. The molecule has 0 unspecified atom stereocenters. The number of fused-ring (bicyclic) bond motifs is 2. The van der Waals surface area contributed by atoms with Gasteiger partial charge in [0, 0.05) is 18.7 Å². The molecule has 1 amide bonds. The van der Waals surface area contributed by atoms with Gasteiger partial charge in [0.25, 0.3) is 5.91 Å². The summed E-state index contributed by atoms with van der Waals surface area (Å²) >= 11 is 0. The molecular formula is C24H42N2O6Si2. The highest BCUT2D eigenvalue weighted by Gasteiger charge is 2.69. The Labute approximate surface area is 206 Å². The highest BCUT2D eigenvalue weighted by atomic mass is 28.5. The fourth-order valence-electron chi connectivity index (χ4n) is 6.00. The first-order chi connectivity index (χ1) is 15.9. The van der Waals surface area contributed by atoms with E-state index in [1.165, 1.54) is 6.08 Å². The van der Waals surface area contributed by atoms with E-state index in [4.69, 9.17) is 22.4 Å². The van der Waals surface area contributed by atoms with Crippen LogP contribution in [0.1, 0.15) is 61.8 Å². The molecule has 0 saturated carbocycles. The van der Waals surface area contributed by atoms with Crippen LogP contribution in [-0.4, -0.2) is 65.2 Å². The summed E-state index contributed by atoms with van der Waals surface area (Å²) in [6.07, 6.45) is 2.91. The first kappa shape index (κ1) is 26.1. The Morgan fingerprint density at radius 1 is 1.06 bits per heavy atom. The zero-order chi connectivity index (χ0) is 25.1. The summed E-state index contributed by atoms with van der Waals surface area (Å²) in [5.41, 5.74) is 0.303. The van der Waals surface area contributed by atoms with Crippen molar-refractivity contribution in [2.45, 2.75) is 108 Å². The fourth-order valence-corrected chi connectivity index (χ4v) is 17.2. The summed E-state index contributed by atoms with van der Waals surface area (Å²) < 4.78 is 34.5. The molecule has 3 fully saturated rings. The smallest absolute Gasteiger partial charge is 0.335 e. The number of ether oxygens (including phenoxy) is 2. The summed E-state index contributed by atoms with van der Waals surface area (Å²) in [6.45, 7) is 22.8. The van der Waals surface area contributed by atoms with Gasteiger partial charge in [0.15, 0.2) is 6.23 Å². The quantitative estimate of drug-likeness (QED) is 0.554. The van der Waals surface area contributed by atoms with E-state index in [2.05, 4.69) is 67.3 Å². The maximum absolute atomic E-state index is 11.8. The molecular weight excluding hydrogens is 468 g/mol. The van der Waals surface area contributed by atoms with Crippen LogP contribution in [0.5, 0.6) is 0 Å². The Balaban J connectivity index is 1.79. The summed E-state index contributed by atoms with van der Waals surface area (Å²) in [4.78, 5) is 13.7. The zero-order valence-electron chi connectivity index (χ0n) is 21.9. The number of carbonyl (C=O) groups is 1. The van der Waals surface area contributed by atoms with Crippen molar-refractivity contribution in [1.82, 2.24) is 10.2 Å². The van der Waals surface area contributed by atoms with Crippen LogP contribution in [0.3, 0.4) is 0 Å². The predicted molar refractivity (Wildman–Crippen MR) is 134 cm³/mol. The number of hydrogen-bond donors (Lipinski definition) is 1. The monoisotopic (exact) mass is 510 g/mol. The van der Waals surface area contributed by atoms with Gasteiger partial charge in [0.2, 0.25) is 0 Å². The summed E-state index contributed by atoms with van der Waals surface area (Å²) in [7, 11) is -5.45. The number of nitrogens with zero attached hydrogens (tertiary/aromatic N) is 1. The molecule has 0 aromatic carbocycles. The van der Waals surface area contributed by atoms with Gasteiger partial charge < -0.3 is 32.7 Å². The Kier molecular flexibility index (Phi) is 7.00. The molecule has 0 aromatic rings. The summed E-state index contributed by atoms with van der Waals surface area (Å²) in [6, 6.07) is 0. The van der Waals surface area contributed by atoms with Crippen molar-refractivity contribution >= 4 is 23.0 Å². The van der Waals surface area contributed by atoms with Gasteiger partial charge in [0.1, 0.15) is 23.6 Å². The van der Waals surface area contributed by atoms with Crippen LogP contribution >= 0.6 is 0 Å². The molecule has 34 heavy (non-hydrogen) atoms. The van der Waals surface area contributed by atoms with Crippen molar-refractivity contribution in [2.75, 3.05) is 13.2 Å². The average molecular weight is 511 g/mol. The Morgan fingerprint density at radius 2 is 1.65 bits per heavy atom. The van der Waals surface area contributed by atoms with Crippen LogP contribution in [0, 0.1) is 0 Å².